The summed E-state index contributed by atoms with van der Waals surface area (Å²) in [5.74, 6) is -0.922. The normalized spacial score (nSPS) is 12.8. The lowest BCUT2D eigenvalue weighted by molar-refractivity contribution is -0.140. The molecule has 0 amide bonds. The molecule has 0 aliphatic rings. The van der Waals surface area contributed by atoms with Gasteiger partial charge in [-0.1, -0.05) is 77.4 Å². The number of carboxylic acids is 1. The molecule has 0 aromatic heterocycles. The molecule has 0 heterocycles. The van der Waals surface area contributed by atoms with E-state index in [1.165, 1.54) is 70.6 Å². The van der Waals surface area contributed by atoms with Crippen molar-refractivity contribution in [1.29, 1.82) is 0 Å². The number of rotatable bonds is 17. The largest absolute Gasteiger partial charge is 0.481 e. The molecule has 1 atom stereocenters. The molecular formula is C21H39O2. The maximum atomic E-state index is 10.9. The van der Waals surface area contributed by atoms with Gasteiger partial charge in [-0.05, 0) is 44.9 Å². The van der Waals surface area contributed by atoms with Gasteiger partial charge in [0.25, 0.3) is 0 Å². The van der Waals surface area contributed by atoms with Gasteiger partial charge in [-0.3, -0.25) is 4.79 Å². The molecule has 0 aliphatic heterocycles. The van der Waals surface area contributed by atoms with E-state index < -0.39 is 5.97 Å². The van der Waals surface area contributed by atoms with E-state index in [-0.39, 0.29) is 5.92 Å². The van der Waals surface area contributed by atoms with Crippen molar-refractivity contribution >= 4 is 5.97 Å². The van der Waals surface area contributed by atoms with Crippen molar-refractivity contribution in [2.24, 2.45) is 5.92 Å². The summed E-state index contributed by atoms with van der Waals surface area (Å²) in [5, 5.41) is 8.95. The van der Waals surface area contributed by atoms with Gasteiger partial charge in [-0.2, -0.15) is 0 Å². The lowest BCUT2D eigenvalue weighted by atomic mass is 9.98. The standard InChI is InChI=1S/C21H39O2/c1-3-5-6-7-8-9-10-11-12-13-14-15-16-17-18-19-20(4-2)21(22)23/h9-10,19-20H,3-8,11-18H2,1-2H3,(H,22,23)/b10-9-/t20-/m0/s1. The number of allylic oxidation sites excluding steroid dienone is 2. The molecule has 0 bridgehead atoms. The Morgan fingerprint density at radius 1 is 0.783 bits per heavy atom. The van der Waals surface area contributed by atoms with Crippen LogP contribution < -0.4 is 0 Å². The van der Waals surface area contributed by atoms with Crippen molar-refractivity contribution < 1.29 is 9.90 Å². The summed E-state index contributed by atoms with van der Waals surface area (Å²) < 4.78 is 0. The minimum Gasteiger partial charge on any atom is -0.481 e. The maximum absolute atomic E-state index is 10.9. The average Bonchev–Trinajstić information content (AvgIpc) is 2.54. The Hall–Kier alpha value is -0.790. The third kappa shape index (κ3) is 15.9. The first-order valence-corrected chi connectivity index (χ1v) is 9.93. The summed E-state index contributed by atoms with van der Waals surface area (Å²) in [5.41, 5.74) is 0. The van der Waals surface area contributed by atoms with E-state index in [1.807, 2.05) is 13.3 Å². The quantitative estimate of drug-likeness (QED) is 0.232. The molecule has 0 rings (SSSR count). The highest BCUT2D eigenvalue weighted by molar-refractivity contribution is 5.71. The Balaban J connectivity index is 3.21. The zero-order chi connectivity index (χ0) is 17.2. The van der Waals surface area contributed by atoms with Crippen LogP contribution in [0.1, 0.15) is 104 Å². The predicted molar refractivity (Wildman–Crippen MR) is 101 cm³/mol. The third-order valence-electron chi connectivity index (χ3n) is 4.42. The molecular weight excluding hydrogens is 284 g/mol. The second kappa shape index (κ2) is 17.6. The van der Waals surface area contributed by atoms with E-state index in [9.17, 15) is 4.79 Å². The van der Waals surface area contributed by atoms with E-state index in [2.05, 4.69) is 19.1 Å². The van der Waals surface area contributed by atoms with Crippen LogP contribution >= 0.6 is 0 Å². The lowest BCUT2D eigenvalue weighted by Gasteiger charge is -2.08. The summed E-state index contributed by atoms with van der Waals surface area (Å²) in [6, 6.07) is 0. The van der Waals surface area contributed by atoms with Gasteiger partial charge in [-0.15, -0.1) is 0 Å². The highest BCUT2D eigenvalue weighted by atomic mass is 16.4. The van der Waals surface area contributed by atoms with Gasteiger partial charge in [0.2, 0.25) is 0 Å². The van der Waals surface area contributed by atoms with E-state index >= 15 is 0 Å². The Bertz CT molecular complexity index is 284. The van der Waals surface area contributed by atoms with E-state index in [0.717, 1.165) is 12.8 Å². The van der Waals surface area contributed by atoms with Crippen molar-refractivity contribution in [3.63, 3.8) is 0 Å². The second-order valence-electron chi connectivity index (χ2n) is 6.61. The van der Waals surface area contributed by atoms with Crippen LogP contribution in [0.25, 0.3) is 0 Å². The molecule has 23 heavy (non-hydrogen) atoms. The molecule has 0 aliphatic carbocycles. The first kappa shape index (κ1) is 22.2. The zero-order valence-corrected chi connectivity index (χ0v) is 15.6. The highest BCUT2D eigenvalue weighted by Gasteiger charge is 2.13. The number of hydrogen-bond donors (Lipinski definition) is 1. The first-order valence-electron chi connectivity index (χ1n) is 9.93. The molecule has 2 heteroatoms. The van der Waals surface area contributed by atoms with Crippen molar-refractivity contribution in [2.75, 3.05) is 0 Å². The molecule has 0 spiro atoms. The van der Waals surface area contributed by atoms with Crippen molar-refractivity contribution in [3.05, 3.63) is 18.6 Å². The summed E-state index contributed by atoms with van der Waals surface area (Å²) in [4.78, 5) is 10.9. The van der Waals surface area contributed by atoms with Gasteiger partial charge in [0.05, 0.1) is 5.92 Å². The molecule has 1 radical (unpaired) electrons. The van der Waals surface area contributed by atoms with Crippen LogP contribution in [0.4, 0.5) is 0 Å². The van der Waals surface area contributed by atoms with Crippen LogP contribution in [0, 0.1) is 12.3 Å². The first-order chi connectivity index (χ1) is 11.2. The minimum atomic E-state index is -0.675. The average molecular weight is 324 g/mol. The van der Waals surface area contributed by atoms with Crippen molar-refractivity contribution in [1.82, 2.24) is 0 Å². The Kier molecular flexibility index (Phi) is 17.0. The topological polar surface area (TPSA) is 37.3 Å². The smallest absolute Gasteiger partial charge is 0.306 e. The number of carboxylic acid groups (broad SMARTS) is 1. The number of hydrogen-bond acceptors (Lipinski definition) is 1. The summed E-state index contributed by atoms with van der Waals surface area (Å²) >= 11 is 0. The fourth-order valence-corrected chi connectivity index (χ4v) is 2.80. The molecule has 0 aromatic carbocycles. The van der Waals surface area contributed by atoms with Crippen LogP contribution in [0.15, 0.2) is 12.2 Å². The fraction of sp³-hybridized carbons (Fsp3) is 0.810. The minimum absolute atomic E-state index is 0.247. The fourth-order valence-electron chi connectivity index (χ4n) is 2.80. The second-order valence-corrected chi connectivity index (χ2v) is 6.61. The molecule has 1 N–H and O–H groups in total. The summed E-state index contributed by atoms with van der Waals surface area (Å²) in [6.07, 6.45) is 23.9. The lowest BCUT2D eigenvalue weighted by Crippen LogP contribution is -2.12. The molecule has 0 fully saturated rings. The molecule has 0 unspecified atom stereocenters. The maximum Gasteiger partial charge on any atom is 0.306 e. The highest BCUT2D eigenvalue weighted by Crippen LogP contribution is 2.15. The Morgan fingerprint density at radius 3 is 1.74 bits per heavy atom. The number of aliphatic carboxylic acids is 1. The summed E-state index contributed by atoms with van der Waals surface area (Å²) in [7, 11) is 0. The van der Waals surface area contributed by atoms with Crippen LogP contribution in [0.5, 0.6) is 0 Å². The van der Waals surface area contributed by atoms with Crippen molar-refractivity contribution in [3.8, 4) is 0 Å². The van der Waals surface area contributed by atoms with Crippen LogP contribution in [-0.2, 0) is 4.79 Å². The van der Waals surface area contributed by atoms with E-state index in [4.69, 9.17) is 5.11 Å². The Morgan fingerprint density at radius 2 is 1.26 bits per heavy atom. The number of unbranched alkanes of at least 4 members (excludes halogenated alkanes) is 11. The van der Waals surface area contributed by atoms with Crippen molar-refractivity contribution in [2.45, 2.75) is 104 Å². The molecule has 0 saturated carbocycles. The molecule has 2 nitrogen and oxygen atoms in total. The zero-order valence-electron chi connectivity index (χ0n) is 15.6. The third-order valence-corrected chi connectivity index (χ3v) is 4.42. The molecule has 0 aromatic rings. The number of carbonyl (C=O) groups is 1. The van der Waals surface area contributed by atoms with Gasteiger partial charge in [0, 0.05) is 0 Å². The SMILES string of the molecule is CCCCCC/C=C\CCCCCCCC[CH][C@H](CC)C(=O)O. The van der Waals surface area contributed by atoms with Gasteiger partial charge in [0.1, 0.15) is 0 Å². The summed E-state index contributed by atoms with van der Waals surface area (Å²) in [6.45, 7) is 4.20. The molecule has 135 valence electrons. The van der Waals surface area contributed by atoms with Gasteiger partial charge in [-0.25, -0.2) is 0 Å². The van der Waals surface area contributed by atoms with Crippen LogP contribution in [0.3, 0.4) is 0 Å². The van der Waals surface area contributed by atoms with Gasteiger partial charge >= 0.3 is 5.97 Å². The monoisotopic (exact) mass is 323 g/mol. The van der Waals surface area contributed by atoms with Gasteiger partial charge in [0.15, 0.2) is 0 Å². The van der Waals surface area contributed by atoms with Crippen LogP contribution in [-0.4, -0.2) is 11.1 Å². The van der Waals surface area contributed by atoms with E-state index in [1.54, 1.807) is 0 Å². The van der Waals surface area contributed by atoms with Gasteiger partial charge < -0.3 is 5.11 Å². The Labute approximate surface area is 144 Å². The van der Waals surface area contributed by atoms with E-state index in [0.29, 0.717) is 6.42 Å². The van der Waals surface area contributed by atoms with Crippen LogP contribution in [0.2, 0.25) is 0 Å². The molecule has 0 saturated heterocycles. The predicted octanol–water partition coefficient (Wildman–Crippen LogP) is 6.95.